The fourth-order valence-electron chi connectivity index (χ4n) is 3.43. The van der Waals surface area contributed by atoms with Crippen molar-refractivity contribution in [2.45, 2.75) is 18.4 Å². The Morgan fingerprint density at radius 3 is 2.79 bits per heavy atom. The molecule has 2 aliphatic rings. The van der Waals surface area contributed by atoms with Crippen LogP contribution in [0.1, 0.15) is 17.5 Å². The Hall–Kier alpha value is -0.910. The van der Waals surface area contributed by atoms with E-state index in [1.54, 1.807) is 0 Å². The Morgan fingerprint density at radius 2 is 2.11 bits per heavy atom. The second-order valence-corrected chi connectivity index (χ2v) is 6.08. The Kier molecular flexibility index (Phi) is 3.37. The van der Waals surface area contributed by atoms with Crippen LogP contribution in [0.3, 0.4) is 0 Å². The van der Waals surface area contributed by atoms with Gasteiger partial charge in [-0.05, 0) is 30.0 Å². The first kappa shape index (κ1) is 13.1. The van der Waals surface area contributed by atoms with Gasteiger partial charge in [-0.2, -0.15) is 0 Å². The molecule has 0 radical (unpaired) electrons. The minimum absolute atomic E-state index is 0.216. The lowest BCUT2D eigenvalue weighted by atomic mass is 9.88. The van der Waals surface area contributed by atoms with Gasteiger partial charge in [-0.3, -0.25) is 9.69 Å². The molecule has 1 fully saturated rings. The van der Waals surface area contributed by atoms with E-state index < -0.39 is 5.54 Å². The van der Waals surface area contributed by atoms with Crippen LogP contribution in [0.4, 0.5) is 0 Å². The lowest BCUT2D eigenvalue weighted by Gasteiger charge is -2.42. The van der Waals surface area contributed by atoms with Crippen molar-refractivity contribution in [3.8, 4) is 0 Å². The molecule has 0 saturated carbocycles. The van der Waals surface area contributed by atoms with Crippen LogP contribution in [0.5, 0.6) is 0 Å². The summed E-state index contributed by atoms with van der Waals surface area (Å²) >= 11 is 3.59. The molecular formula is C14H18BrN3O. The van der Waals surface area contributed by atoms with Gasteiger partial charge in [0.2, 0.25) is 5.91 Å². The fourth-order valence-corrected chi connectivity index (χ4v) is 3.99. The van der Waals surface area contributed by atoms with Crippen molar-refractivity contribution >= 4 is 21.8 Å². The minimum atomic E-state index is -0.610. The smallest absolute Gasteiger partial charge is 0.242 e. The van der Waals surface area contributed by atoms with E-state index in [4.69, 9.17) is 5.73 Å². The first-order chi connectivity index (χ1) is 9.16. The summed E-state index contributed by atoms with van der Waals surface area (Å²) in [6.45, 7) is 3.57. The number of fused-ring (bicyclic) bond motifs is 1. The number of halogens is 1. The summed E-state index contributed by atoms with van der Waals surface area (Å²) in [5, 5.41) is 3.33. The van der Waals surface area contributed by atoms with Crippen LogP contribution in [0.25, 0.3) is 0 Å². The number of hydrogen-bond acceptors (Lipinski definition) is 3. The monoisotopic (exact) mass is 323 g/mol. The maximum Gasteiger partial charge on any atom is 0.242 e. The van der Waals surface area contributed by atoms with Gasteiger partial charge in [-0.15, -0.1) is 0 Å². The summed E-state index contributed by atoms with van der Waals surface area (Å²) < 4.78 is 1.09. The number of nitrogens with two attached hydrogens (primary N) is 1. The fraction of sp³-hybridized carbons (Fsp3) is 0.500. The number of benzene rings is 1. The number of nitrogens with one attached hydrogen (secondary N) is 1. The molecule has 1 aromatic carbocycles. The number of rotatable bonds is 2. The topological polar surface area (TPSA) is 58.4 Å². The average Bonchev–Trinajstić information content (AvgIpc) is 2.82. The van der Waals surface area contributed by atoms with Crippen LogP contribution < -0.4 is 11.1 Å². The van der Waals surface area contributed by atoms with Crippen molar-refractivity contribution in [1.82, 2.24) is 10.2 Å². The van der Waals surface area contributed by atoms with Gasteiger partial charge in [0.15, 0.2) is 0 Å². The highest BCUT2D eigenvalue weighted by atomic mass is 79.9. The highest BCUT2D eigenvalue weighted by molar-refractivity contribution is 9.10. The van der Waals surface area contributed by atoms with E-state index in [0.717, 1.165) is 49.1 Å². The van der Waals surface area contributed by atoms with Crippen LogP contribution in [0.2, 0.25) is 0 Å². The van der Waals surface area contributed by atoms with Gasteiger partial charge < -0.3 is 11.1 Å². The number of nitrogens with zero attached hydrogens (tertiary/aromatic N) is 1. The number of hydrogen-bond donors (Lipinski definition) is 2. The van der Waals surface area contributed by atoms with Crippen LogP contribution >= 0.6 is 15.9 Å². The number of primary amides is 1. The summed E-state index contributed by atoms with van der Waals surface area (Å²) in [6.07, 6.45) is 1.70. The molecule has 1 atom stereocenters. The molecule has 19 heavy (non-hydrogen) atoms. The van der Waals surface area contributed by atoms with Crippen LogP contribution in [0, 0.1) is 0 Å². The molecule has 1 amide bonds. The van der Waals surface area contributed by atoms with Crippen molar-refractivity contribution in [2.75, 3.05) is 26.2 Å². The SMILES string of the molecule is NC(=O)C1(N2CCNCC2)CCc2c(Br)cccc21. The molecule has 0 bridgehead atoms. The van der Waals surface area contributed by atoms with Crippen LogP contribution in [-0.2, 0) is 16.8 Å². The first-order valence-corrected chi connectivity index (χ1v) is 7.49. The zero-order valence-electron chi connectivity index (χ0n) is 10.8. The van der Waals surface area contributed by atoms with Gasteiger partial charge in [0.1, 0.15) is 5.54 Å². The third kappa shape index (κ3) is 1.91. The van der Waals surface area contributed by atoms with Crippen molar-refractivity contribution in [3.05, 3.63) is 33.8 Å². The summed E-state index contributed by atoms with van der Waals surface area (Å²) in [5.41, 5.74) is 7.53. The van der Waals surface area contributed by atoms with E-state index in [2.05, 4.69) is 32.2 Å². The van der Waals surface area contributed by atoms with Crippen molar-refractivity contribution in [3.63, 3.8) is 0 Å². The second kappa shape index (κ2) is 4.89. The Balaban J connectivity index is 2.09. The Morgan fingerprint density at radius 1 is 1.37 bits per heavy atom. The van der Waals surface area contributed by atoms with Gasteiger partial charge in [0.05, 0.1) is 0 Å². The minimum Gasteiger partial charge on any atom is -0.368 e. The quantitative estimate of drug-likeness (QED) is 0.853. The number of carbonyl (C=O) groups is 1. The van der Waals surface area contributed by atoms with Crippen molar-refractivity contribution in [1.29, 1.82) is 0 Å². The van der Waals surface area contributed by atoms with E-state index in [-0.39, 0.29) is 5.91 Å². The van der Waals surface area contributed by atoms with E-state index in [1.807, 2.05) is 12.1 Å². The molecule has 1 aromatic rings. The molecule has 1 aliphatic carbocycles. The summed E-state index contributed by atoms with van der Waals surface area (Å²) in [5.74, 6) is -0.216. The lowest BCUT2D eigenvalue weighted by Crippen LogP contribution is -2.59. The van der Waals surface area contributed by atoms with E-state index in [9.17, 15) is 4.79 Å². The van der Waals surface area contributed by atoms with Crippen LogP contribution in [-0.4, -0.2) is 37.0 Å². The van der Waals surface area contributed by atoms with E-state index in [1.165, 1.54) is 5.56 Å². The van der Waals surface area contributed by atoms with Crippen molar-refractivity contribution < 1.29 is 4.79 Å². The maximum absolute atomic E-state index is 12.2. The molecule has 1 heterocycles. The summed E-state index contributed by atoms with van der Waals surface area (Å²) in [4.78, 5) is 14.5. The molecule has 4 nitrogen and oxygen atoms in total. The molecule has 1 saturated heterocycles. The zero-order valence-corrected chi connectivity index (χ0v) is 12.4. The van der Waals surface area contributed by atoms with Gasteiger partial charge in [-0.25, -0.2) is 0 Å². The van der Waals surface area contributed by atoms with Gasteiger partial charge in [0.25, 0.3) is 0 Å². The highest BCUT2D eigenvalue weighted by Gasteiger charge is 2.49. The van der Waals surface area contributed by atoms with Gasteiger partial charge in [0, 0.05) is 30.7 Å². The normalized spacial score (nSPS) is 27.2. The molecule has 5 heteroatoms. The largest absolute Gasteiger partial charge is 0.368 e. The molecule has 1 aliphatic heterocycles. The van der Waals surface area contributed by atoms with Crippen LogP contribution in [0.15, 0.2) is 22.7 Å². The molecule has 3 rings (SSSR count). The van der Waals surface area contributed by atoms with E-state index in [0.29, 0.717) is 0 Å². The van der Waals surface area contributed by atoms with Crippen molar-refractivity contribution in [2.24, 2.45) is 5.73 Å². The molecule has 3 N–H and O–H groups in total. The third-order valence-electron chi connectivity index (χ3n) is 4.37. The number of piperazine rings is 1. The highest BCUT2D eigenvalue weighted by Crippen LogP contribution is 2.44. The molecule has 0 aromatic heterocycles. The summed E-state index contributed by atoms with van der Waals surface area (Å²) in [7, 11) is 0. The zero-order chi connectivity index (χ0) is 13.5. The molecule has 102 valence electrons. The third-order valence-corrected chi connectivity index (χ3v) is 5.11. The number of carbonyl (C=O) groups excluding carboxylic acids is 1. The summed E-state index contributed by atoms with van der Waals surface area (Å²) in [6, 6.07) is 6.08. The predicted octanol–water partition coefficient (Wildman–Crippen LogP) is 0.981. The molecular weight excluding hydrogens is 306 g/mol. The lowest BCUT2D eigenvalue weighted by molar-refractivity contribution is -0.131. The molecule has 0 spiro atoms. The standard InChI is InChI=1S/C14H18BrN3O/c15-12-3-1-2-11-10(12)4-5-14(11,13(16)19)18-8-6-17-7-9-18/h1-3,17H,4-9H2,(H2,16,19). The Bertz CT molecular complexity index is 513. The van der Waals surface area contributed by atoms with E-state index >= 15 is 0 Å². The van der Waals surface area contributed by atoms with Gasteiger partial charge >= 0.3 is 0 Å². The average molecular weight is 324 g/mol. The Labute approximate surface area is 121 Å². The van der Waals surface area contributed by atoms with Gasteiger partial charge in [-0.1, -0.05) is 28.1 Å². The maximum atomic E-state index is 12.2. The predicted molar refractivity (Wildman–Crippen MR) is 77.8 cm³/mol. The molecule has 1 unspecified atom stereocenters. The number of amides is 1. The first-order valence-electron chi connectivity index (χ1n) is 6.70. The second-order valence-electron chi connectivity index (χ2n) is 5.23.